The molecule has 2 aromatic heterocycles. The van der Waals surface area contributed by atoms with E-state index in [2.05, 4.69) is 28.9 Å². The highest BCUT2D eigenvalue weighted by molar-refractivity contribution is 5.81. The lowest BCUT2D eigenvalue weighted by atomic mass is 10.1. The fraction of sp³-hybridized carbons (Fsp3) is 0.238. The van der Waals surface area contributed by atoms with Crippen LogP contribution in [0.5, 0.6) is 0 Å². The number of aryl methyl sites for hydroxylation is 1. The number of carbonyl (C=O) groups excluding carboxylic acids is 1. The molecular formula is C21H20N4O. The third-order valence-corrected chi connectivity index (χ3v) is 4.62. The quantitative estimate of drug-likeness (QED) is 0.725. The number of aromatic nitrogens is 3. The number of hydrogen-bond donors (Lipinski definition) is 0. The number of hydrogen-bond acceptors (Lipinski definition) is 5. The fourth-order valence-corrected chi connectivity index (χ4v) is 3.08. The molecule has 4 rings (SSSR count). The van der Waals surface area contributed by atoms with Crippen molar-refractivity contribution in [3.8, 4) is 22.6 Å². The van der Waals surface area contributed by atoms with Crippen LogP contribution in [0.4, 0.5) is 5.82 Å². The van der Waals surface area contributed by atoms with Crippen LogP contribution in [0.25, 0.3) is 22.6 Å². The van der Waals surface area contributed by atoms with Gasteiger partial charge in [-0.2, -0.15) is 0 Å². The molecule has 0 saturated carbocycles. The van der Waals surface area contributed by atoms with Crippen molar-refractivity contribution >= 4 is 11.6 Å². The number of nitrogens with zero attached hydrogens (tertiary/aromatic N) is 4. The first kappa shape index (κ1) is 16.4. The van der Waals surface area contributed by atoms with Crippen molar-refractivity contribution in [2.75, 3.05) is 18.0 Å². The van der Waals surface area contributed by atoms with Gasteiger partial charge in [-0.3, -0.25) is 9.78 Å². The van der Waals surface area contributed by atoms with Gasteiger partial charge in [0.05, 0.1) is 5.69 Å². The number of carbonyl (C=O) groups is 1. The first-order valence-corrected chi connectivity index (χ1v) is 8.82. The lowest BCUT2D eigenvalue weighted by Gasteiger charge is -2.27. The molecule has 5 heteroatoms. The summed E-state index contributed by atoms with van der Waals surface area (Å²) in [6.45, 7) is 3.47. The molecule has 5 nitrogen and oxygen atoms in total. The maximum atomic E-state index is 11.6. The van der Waals surface area contributed by atoms with E-state index in [0.29, 0.717) is 37.5 Å². The molecule has 0 N–H and O–H groups in total. The maximum absolute atomic E-state index is 11.6. The van der Waals surface area contributed by atoms with Crippen molar-refractivity contribution < 1.29 is 4.79 Å². The molecule has 3 aromatic rings. The predicted molar refractivity (Wildman–Crippen MR) is 102 cm³/mol. The Balaban J connectivity index is 1.79. The highest BCUT2D eigenvalue weighted by atomic mass is 16.1. The molecule has 3 heterocycles. The van der Waals surface area contributed by atoms with Crippen LogP contribution in [0.2, 0.25) is 0 Å². The Labute approximate surface area is 152 Å². The molecule has 0 amide bonds. The van der Waals surface area contributed by atoms with Crippen LogP contribution < -0.4 is 4.90 Å². The Hall–Kier alpha value is -3.08. The lowest BCUT2D eigenvalue weighted by molar-refractivity contribution is -0.119. The van der Waals surface area contributed by atoms with Gasteiger partial charge in [0.25, 0.3) is 0 Å². The molecule has 1 aliphatic heterocycles. The van der Waals surface area contributed by atoms with E-state index in [4.69, 9.17) is 9.97 Å². The molecule has 1 fully saturated rings. The molecule has 1 aliphatic rings. The van der Waals surface area contributed by atoms with E-state index < -0.39 is 0 Å². The minimum atomic E-state index is 0.321. The molecule has 0 unspecified atom stereocenters. The van der Waals surface area contributed by atoms with Gasteiger partial charge >= 0.3 is 0 Å². The molecule has 0 bridgehead atoms. The second-order valence-corrected chi connectivity index (χ2v) is 6.57. The van der Waals surface area contributed by atoms with E-state index in [1.54, 1.807) is 6.20 Å². The fourth-order valence-electron chi connectivity index (χ4n) is 3.08. The van der Waals surface area contributed by atoms with Crippen LogP contribution in [0.3, 0.4) is 0 Å². The van der Waals surface area contributed by atoms with Crippen molar-refractivity contribution in [1.82, 2.24) is 15.0 Å². The molecule has 0 radical (unpaired) electrons. The van der Waals surface area contributed by atoms with E-state index in [1.165, 1.54) is 5.56 Å². The number of pyridine rings is 1. The SMILES string of the molecule is Cc1ccc(-c2nc(-c3cccnc3)cc(N3CCC(=O)CC3)n2)cc1. The predicted octanol–water partition coefficient (Wildman–Crippen LogP) is 3.68. The van der Waals surface area contributed by atoms with Gasteiger partial charge in [-0.15, -0.1) is 0 Å². The summed E-state index contributed by atoms with van der Waals surface area (Å²) < 4.78 is 0. The van der Waals surface area contributed by atoms with Crippen molar-refractivity contribution in [2.45, 2.75) is 19.8 Å². The first-order valence-electron chi connectivity index (χ1n) is 8.82. The average molecular weight is 344 g/mol. The zero-order chi connectivity index (χ0) is 17.9. The Morgan fingerprint density at radius 1 is 0.962 bits per heavy atom. The summed E-state index contributed by atoms with van der Waals surface area (Å²) in [7, 11) is 0. The molecule has 0 aliphatic carbocycles. The zero-order valence-electron chi connectivity index (χ0n) is 14.7. The summed E-state index contributed by atoms with van der Waals surface area (Å²) in [5.41, 5.74) is 3.98. The largest absolute Gasteiger partial charge is 0.356 e. The second kappa shape index (κ2) is 7.04. The summed E-state index contributed by atoms with van der Waals surface area (Å²) in [4.78, 5) is 27.5. The Bertz CT molecular complexity index is 913. The third-order valence-electron chi connectivity index (χ3n) is 4.62. The van der Waals surface area contributed by atoms with Gasteiger partial charge in [0.15, 0.2) is 5.82 Å². The van der Waals surface area contributed by atoms with Crippen LogP contribution in [0.1, 0.15) is 18.4 Å². The molecule has 130 valence electrons. The maximum Gasteiger partial charge on any atom is 0.162 e. The molecule has 0 atom stereocenters. The van der Waals surface area contributed by atoms with Gasteiger partial charge in [0, 0.05) is 55.5 Å². The zero-order valence-corrected chi connectivity index (χ0v) is 14.7. The van der Waals surface area contributed by atoms with E-state index in [-0.39, 0.29) is 0 Å². The monoisotopic (exact) mass is 344 g/mol. The average Bonchev–Trinajstić information content (AvgIpc) is 2.69. The van der Waals surface area contributed by atoms with Crippen LogP contribution in [-0.4, -0.2) is 33.8 Å². The topological polar surface area (TPSA) is 59.0 Å². The lowest BCUT2D eigenvalue weighted by Crippen LogP contribution is -2.34. The Morgan fingerprint density at radius 2 is 1.73 bits per heavy atom. The van der Waals surface area contributed by atoms with Crippen LogP contribution in [-0.2, 0) is 4.79 Å². The van der Waals surface area contributed by atoms with E-state index >= 15 is 0 Å². The van der Waals surface area contributed by atoms with Gasteiger partial charge in [0.2, 0.25) is 0 Å². The van der Waals surface area contributed by atoms with E-state index in [0.717, 1.165) is 22.6 Å². The van der Waals surface area contributed by atoms with Gasteiger partial charge in [-0.05, 0) is 19.1 Å². The van der Waals surface area contributed by atoms with Crippen molar-refractivity contribution in [1.29, 1.82) is 0 Å². The number of anilines is 1. The van der Waals surface area contributed by atoms with Crippen molar-refractivity contribution in [3.63, 3.8) is 0 Å². The van der Waals surface area contributed by atoms with Crippen LogP contribution in [0, 0.1) is 6.92 Å². The third kappa shape index (κ3) is 3.47. The number of rotatable bonds is 3. The molecule has 1 aromatic carbocycles. The summed E-state index contributed by atoms with van der Waals surface area (Å²) in [5.74, 6) is 1.88. The van der Waals surface area contributed by atoms with E-state index in [1.807, 2.05) is 36.5 Å². The normalized spacial score (nSPS) is 14.5. The number of piperidine rings is 1. The minimum Gasteiger partial charge on any atom is -0.356 e. The number of Topliss-reactive ketones (excluding diaryl/α,β-unsaturated/α-hetero) is 1. The van der Waals surface area contributed by atoms with E-state index in [9.17, 15) is 4.79 Å². The molecular weight excluding hydrogens is 324 g/mol. The standard InChI is InChI=1S/C21H20N4O/c1-15-4-6-16(7-5-15)21-23-19(17-3-2-10-22-14-17)13-20(24-21)25-11-8-18(26)9-12-25/h2-7,10,13-14H,8-9,11-12H2,1H3. The minimum absolute atomic E-state index is 0.321. The van der Waals surface area contributed by atoms with Gasteiger partial charge in [-0.25, -0.2) is 9.97 Å². The number of benzene rings is 1. The van der Waals surface area contributed by atoms with Gasteiger partial charge < -0.3 is 4.90 Å². The summed E-state index contributed by atoms with van der Waals surface area (Å²) in [5, 5.41) is 0. The van der Waals surface area contributed by atoms with Crippen LogP contribution in [0.15, 0.2) is 54.9 Å². The Kier molecular flexibility index (Phi) is 4.44. The highest BCUT2D eigenvalue weighted by Crippen LogP contribution is 2.27. The molecule has 26 heavy (non-hydrogen) atoms. The smallest absolute Gasteiger partial charge is 0.162 e. The molecule has 0 spiro atoms. The van der Waals surface area contributed by atoms with Crippen molar-refractivity contribution in [2.24, 2.45) is 0 Å². The number of ketones is 1. The molecule has 1 saturated heterocycles. The first-order chi connectivity index (χ1) is 12.7. The second-order valence-electron chi connectivity index (χ2n) is 6.57. The summed E-state index contributed by atoms with van der Waals surface area (Å²) >= 11 is 0. The van der Waals surface area contributed by atoms with Crippen molar-refractivity contribution in [3.05, 3.63) is 60.4 Å². The summed E-state index contributed by atoms with van der Waals surface area (Å²) in [6.07, 6.45) is 4.71. The Morgan fingerprint density at radius 3 is 2.42 bits per heavy atom. The van der Waals surface area contributed by atoms with Gasteiger partial charge in [0.1, 0.15) is 11.6 Å². The summed E-state index contributed by atoms with van der Waals surface area (Å²) in [6, 6.07) is 14.1. The van der Waals surface area contributed by atoms with Crippen LogP contribution >= 0.6 is 0 Å². The van der Waals surface area contributed by atoms with Gasteiger partial charge in [-0.1, -0.05) is 29.8 Å². The highest BCUT2D eigenvalue weighted by Gasteiger charge is 2.19.